The fourth-order valence-electron chi connectivity index (χ4n) is 5.21. The Bertz CT molecular complexity index is 680. The first-order valence-electron chi connectivity index (χ1n) is 10.4. The van der Waals surface area contributed by atoms with Crippen molar-refractivity contribution in [3.05, 3.63) is 0 Å². The van der Waals surface area contributed by atoms with Crippen LogP contribution in [0, 0.1) is 11.3 Å². The Kier molecular flexibility index (Phi) is 6.65. The lowest BCUT2D eigenvalue weighted by Crippen LogP contribution is -2.54. The van der Waals surface area contributed by atoms with Gasteiger partial charge in [0.2, 0.25) is 0 Å². The second-order valence-electron chi connectivity index (χ2n) is 9.91. The highest BCUT2D eigenvalue weighted by molar-refractivity contribution is 6.08. The molecule has 1 saturated carbocycles. The molecule has 164 valence electrons. The van der Waals surface area contributed by atoms with Crippen LogP contribution < -0.4 is 5.32 Å². The van der Waals surface area contributed by atoms with Gasteiger partial charge in [-0.25, -0.2) is 4.79 Å². The normalized spacial score (nSPS) is 26.2. The number of ether oxygens (including phenoxy) is 1. The van der Waals surface area contributed by atoms with Crippen molar-refractivity contribution in [1.82, 2.24) is 15.1 Å². The molecule has 0 aromatic carbocycles. The smallest absolute Gasteiger partial charge is 0.326 e. The second kappa shape index (κ2) is 8.32. The summed E-state index contributed by atoms with van der Waals surface area (Å²) < 4.78 is 5.08. The van der Waals surface area contributed by atoms with E-state index in [-0.39, 0.29) is 35.2 Å². The third-order valence-electron chi connectivity index (χ3n) is 5.67. The molecule has 1 aliphatic heterocycles. The van der Waals surface area contributed by atoms with Gasteiger partial charge >= 0.3 is 12.0 Å². The van der Waals surface area contributed by atoms with E-state index in [0.717, 1.165) is 11.3 Å². The lowest BCUT2D eigenvalue weighted by molar-refractivity contribution is -0.155. The molecular weight excluding hydrogens is 374 g/mol. The zero-order valence-electron chi connectivity index (χ0n) is 18.7. The number of hydrogen-bond donors (Lipinski definition) is 1. The first-order chi connectivity index (χ1) is 13.3. The summed E-state index contributed by atoms with van der Waals surface area (Å²) in [4.78, 5) is 52.6. The quantitative estimate of drug-likeness (QED) is 0.536. The molecule has 2 fully saturated rings. The van der Waals surface area contributed by atoms with E-state index in [1.54, 1.807) is 4.90 Å². The minimum absolute atomic E-state index is 0.0244. The van der Waals surface area contributed by atoms with Crippen LogP contribution in [0.1, 0.15) is 67.7 Å². The zero-order valence-corrected chi connectivity index (χ0v) is 18.7. The molecule has 4 amide bonds. The van der Waals surface area contributed by atoms with Crippen molar-refractivity contribution in [3.8, 4) is 0 Å². The second-order valence-corrected chi connectivity index (χ2v) is 9.91. The summed E-state index contributed by atoms with van der Waals surface area (Å²) in [5.74, 6) is -1.17. The number of urea groups is 1. The number of carbonyl (C=O) groups is 4. The van der Waals surface area contributed by atoms with Crippen LogP contribution in [0.5, 0.6) is 0 Å². The molecule has 2 atom stereocenters. The molecular formula is C21H35N3O5. The van der Waals surface area contributed by atoms with Crippen LogP contribution in [0.4, 0.5) is 4.79 Å². The maximum Gasteiger partial charge on any atom is 0.326 e. The first kappa shape index (κ1) is 23.2. The van der Waals surface area contributed by atoms with Gasteiger partial charge in [0.05, 0.1) is 0 Å². The first-order valence-corrected chi connectivity index (χ1v) is 10.4. The average molecular weight is 410 g/mol. The van der Waals surface area contributed by atoms with Crippen LogP contribution in [-0.2, 0) is 19.1 Å². The fraction of sp³-hybridized carbons (Fsp3) is 0.810. The Hall–Kier alpha value is -2.12. The summed E-state index contributed by atoms with van der Waals surface area (Å²) in [6.07, 6.45) is 2.07. The number of esters is 1. The van der Waals surface area contributed by atoms with Gasteiger partial charge in [-0.1, -0.05) is 20.8 Å². The minimum Gasteiger partial charge on any atom is -0.454 e. The Balaban J connectivity index is 2.00. The number of nitrogens with one attached hydrogen (secondary N) is 1. The highest BCUT2D eigenvalue weighted by Gasteiger charge is 2.56. The van der Waals surface area contributed by atoms with Crippen molar-refractivity contribution in [2.45, 2.75) is 85.4 Å². The standard InChI is InChI=1S/C21H35N3O5/c1-13(2)24(14(3)4)16(25)11-29-17(26)10-23-18(27)21(22-19(23)28)9-15(5)8-20(6,7)12-21/h13-15H,8-12H2,1-7H3,(H,22,28)/t15-,21+/m0/s1. The largest absolute Gasteiger partial charge is 0.454 e. The lowest BCUT2D eigenvalue weighted by atomic mass is 9.64. The maximum absolute atomic E-state index is 13.0. The van der Waals surface area contributed by atoms with Crippen molar-refractivity contribution in [2.24, 2.45) is 11.3 Å². The van der Waals surface area contributed by atoms with Gasteiger partial charge in [-0.2, -0.15) is 0 Å². The van der Waals surface area contributed by atoms with Gasteiger partial charge in [-0.05, 0) is 58.3 Å². The monoisotopic (exact) mass is 409 g/mol. The van der Waals surface area contributed by atoms with E-state index in [1.165, 1.54) is 0 Å². The van der Waals surface area contributed by atoms with Gasteiger partial charge in [-0.15, -0.1) is 0 Å². The highest BCUT2D eigenvalue weighted by atomic mass is 16.5. The van der Waals surface area contributed by atoms with E-state index in [0.29, 0.717) is 12.8 Å². The van der Waals surface area contributed by atoms with Crippen molar-refractivity contribution in [3.63, 3.8) is 0 Å². The van der Waals surface area contributed by atoms with Gasteiger partial charge < -0.3 is 15.0 Å². The van der Waals surface area contributed by atoms with Crippen molar-refractivity contribution < 1.29 is 23.9 Å². The van der Waals surface area contributed by atoms with Gasteiger partial charge in [0.1, 0.15) is 12.1 Å². The van der Waals surface area contributed by atoms with Crippen LogP contribution >= 0.6 is 0 Å². The van der Waals surface area contributed by atoms with Crippen molar-refractivity contribution >= 4 is 23.8 Å². The SMILES string of the molecule is CC(C)N(C(=O)COC(=O)CN1C(=O)N[C@@]2(C[C@@H](C)CC(C)(C)C2)C1=O)C(C)C. The molecule has 8 heteroatoms. The van der Waals surface area contributed by atoms with Crippen LogP contribution in [0.2, 0.25) is 0 Å². The van der Waals surface area contributed by atoms with Crippen molar-refractivity contribution in [1.29, 1.82) is 0 Å². The number of amides is 4. The lowest BCUT2D eigenvalue weighted by Gasteiger charge is -2.43. The molecule has 29 heavy (non-hydrogen) atoms. The molecule has 1 saturated heterocycles. The van der Waals surface area contributed by atoms with Crippen LogP contribution in [0.15, 0.2) is 0 Å². The molecule has 2 aliphatic rings. The average Bonchev–Trinajstić information content (AvgIpc) is 2.73. The summed E-state index contributed by atoms with van der Waals surface area (Å²) in [7, 11) is 0. The predicted octanol–water partition coefficient (Wildman–Crippen LogP) is 2.31. The van der Waals surface area contributed by atoms with E-state index >= 15 is 0 Å². The topological polar surface area (TPSA) is 96.0 Å². The van der Waals surface area contributed by atoms with Gasteiger partial charge in [0, 0.05) is 12.1 Å². The minimum atomic E-state index is -0.958. The van der Waals surface area contributed by atoms with Crippen LogP contribution in [0.25, 0.3) is 0 Å². The fourth-order valence-corrected chi connectivity index (χ4v) is 5.21. The van der Waals surface area contributed by atoms with Crippen molar-refractivity contribution in [2.75, 3.05) is 13.2 Å². The Labute approximate surface area is 173 Å². The summed E-state index contributed by atoms with van der Waals surface area (Å²) in [5.41, 5.74) is -1.04. The number of carbonyl (C=O) groups excluding carboxylic acids is 4. The van der Waals surface area contributed by atoms with Crippen LogP contribution in [0.3, 0.4) is 0 Å². The Morgan fingerprint density at radius 2 is 1.76 bits per heavy atom. The highest BCUT2D eigenvalue weighted by Crippen LogP contribution is 2.46. The third kappa shape index (κ3) is 5.08. The van der Waals surface area contributed by atoms with E-state index in [4.69, 9.17) is 4.74 Å². The molecule has 0 bridgehead atoms. The summed E-state index contributed by atoms with van der Waals surface area (Å²) in [6.45, 7) is 12.9. The van der Waals surface area contributed by atoms with Crippen LogP contribution in [-0.4, -0.2) is 64.4 Å². The van der Waals surface area contributed by atoms with E-state index in [2.05, 4.69) is 26.1 Å². The molecule has 1 heterocycles. The van der Waals surface area contributed by atoms with Gasteiger partial charge in [0.25, 0.3) is 11.8 Å². The zero-order chi connectivity index (χ0) is 22.1. The van der Waals surface area contributed by atoms with Gasteiger partial charge in [-0.3, -0.25) is 19.3 Å². The Morgan fingerprint density at radius 3 is 2.28 bits per heavy atom. The maximum atomic E-state index is 13.0. The number of rotatable bonds is 6. The molecule has 1 aliphatic carbocycles. The molecule has 0 unspecified atom stereocenters. The Morgan fingerprint density at radius 1 is 1.17 bits per heavy atom. The van der Waals surface area contributed by atoms with E-state index < -0.39 is 30.7 Å². The third-order valence-corrected chi connectivity index (χ3v) is 5.67. The molecule has 0 radical (unpaired) electrons. The number of hydrogen-bond acceptors (Lipinski definition) is 5. The molecule has 1 N–H and O–H groups in total. The van der Waals surface area contributed by atoms with Gasteiger partial charge in [0.15, 0.2) is 6.61 Å². The molecule has 1 spiro atoms. The summed E-state index contributed by atoms with van der Waals surface area (Å²) >= 11 is 0. The van der Waals surface area contributed by atoms with E-state index in [9.17, 15) is 19.2 Å². The summed E-state index contributed by atoms with van der Waals surface area (Å²) in [6, 6.07) is -0.624. The number of nitrogens with zero attached hydrogens (tertiary/aromatic N) is 2. The predicted molar refractivity (Wildman–Crippen MR) is 108 cm³/mol. The molecule has 8 nitrogen and oxygen atoms in total. The molecule has 0 aromatic rings. The van der Waals surface area contributed by atoms with E-state index in [1.807, 2.05) is 27.7 Å². The molecule has 2 rings (SSSR count). The summed E-state index contributed by atoms with van der Waals surface area (Å²) in [5, 5.41) is 2.83. The molecule has 0 aromatic heterocycles. The number of imide groups is 1.